The average molecular weight is 381 g/mol. The zero-order chi connectivity index (χ0) is 19.3. The van der Waals surface area contributed by atoms with E-state index in [-0.39, 0.29) is 18.5 Å². The first-order chi connectivity index (χ1) is 13.2. The molecule has 7 heteroatoms. The Hall–Kier alpha value is -1.70. The lowest BCUT2D eigenvalue weighted by Gasteiger charge is -2.13. The summed E-state index contributed by atoms with van der Waals surface area (Å²) in [5, 5.41) is 6.52. The largest absolute Gasteiger partial charge is 0.380 e. The molecule has 0 aliphatic carbocycles. The van der Waals surface area contributed by atoms with Crippen LogP contribution in [0.3, 0.4) is 0 Å². The molecular formula is C20H32FN3O3. The summed E-state index contributed by atoms with van der Waals surface area (Å²) >= 11 is 0. The highest BCUT2D eigenvalue weighted by molar-refractivity contribution is 5.79. The fourth-order valence-electron chi connectivity index (χ4n) is 2.88. The van der Waals surface area contributed by atoms with Gasteiger partial charge in [-0.3, -0.25) is 0 Å². The second-order valence-electron chi connectivity index (χ2n) is 6.54. The summed E-state index contributed by atoms with van der Waals surface area (Å²) in [6.07, 6.45) is 3.41. The molecular weight excluding hydrogens is 349 g/mol. The van der Waals surface area contributed by atoms with Gasteiger partial charge < -0.3 is 24.8 Å². The molecule has 0 bridgehead atoms. The zero-order valence-corrected chi connectivity index (χ0v) is 16.4. The van der Waals surface area contributed by atoms with Crippen LogP contribution in [-0.2, 0) is 27.4 Å². The molecule has 0 radical (unpaired) electrons. The van der Waals surface area contributed by atoms with Crippen LogP contribution in [0.25, 0.3) is 0 Å². The first kappa shape index (κ1) is 21.6. The Kier molecular flexibility index (Phi) is 10.1. The van der Waals surface area contributed by atoms with Gasteiger partial charge in [0.15, 0.2) is 5.96 Å². The number of benzene rings is 1. The number of hydrogen-bond donors (Lipinski definition) is 2. The average Bonchev–Trinajstić information content (AvgIpc) is 3.18. The number of halogens is 1. The van der Waals surface area contributed by atoms with Crippen molar-refractivity contribution in [2.24, 2.45) is 4.99 Å². The van der Waals surface area contributed by atoms with Gasteiger partial charge in [0, 0.05) is 39.0 Å². The van der Waals surface area contributed by atoms with E-state index in [4.69, 9.17) is 14.2 Å². The molecule has 27 heavy (non-hydrogen) atoms. The number of nitrogens with zero attached hydrogens (tertiary/aromatic N) is 1. The summed E-state index contributed by atoms with van der Waals surface area (Å²) < 4.78 is 29.9. The van der Waals surface area contributed by atoms with Crippen LogP contribution in [0.2, 0.25) is 0 Å². The minimum atomic E-state index is -0.252. The molecule has 1 aliphatic rings. The lowest BCUT2D eigenvalue weighted by Crippen LogP contribution is -2.38. The SMILES string of the molecule is CCNC(=NCc1ccc(F)c(COC)c1)NCCCOCC1CCCO1. The van der Waals surface area contributed by atoms with Crippen LogP contribution in [0, 0.1) is 5.82 Å². The van der Waals surface area contributed by atoms with E-state index in [0.717, 1.165) is 50.5 Å². The third-order valence-electron chi connectivity index (χ3n) is 4.26. The first-order valence-electron chi connectivity index (χ1n) is 9.70. The van der Waals surface area contributed by atoms with Crippen LogP contribution in [0.5, 0.6) is 0 Å². The third kappa shape index (κ3) is 8.24. The summed E-state index contributed by atoms with van der Waals surface area (Å²) in [5.41, 5.74) is 1.49. The number of methoxy groups -OCH3 is 1. The van der Waals surface area contributed by atoms with Crippen molar-refractivity contribution in [3.8, 4) is 0 Å². The van der Waals surface area contributed by atoms with Crippen molar-refractivity contribution >= 4 is 5.96 Å². The molecule has 2 N–H and O–H groups in total. The quantitative estimate of drug-likeness (QED) is 0.350. The molecule has 1 aromatic rings. The number of rotatable bonds is 11. The van der Waals surface area contributed by atoms with Crippen LogP contribution in [0.4, 0.5) is 4.39 Å². The smallest absolute Gasteiger partial charge is 0.191 e. The van der Waals surface area contributed by atoms with E-state index in [1.807, 2.05) is 6.92 Å². The van der Waals surface area contributed by atoms with Gasteiger partial charge in [0.1, 0.15) is 5.82 Å². The molecule has 1 atom stereocenters. The molecule has 1 heterocycles. The number of aliphatic imine (C=N–C) groups is 1. The lowest BCUT2D eigenvalue weighted by molar-refractivity contribution is 0.0168. The van der Waals surface area contributed by atoms with E-state index in [0.29, 0.717) is 25.3 Å². The lowest BCUT2D eigenvalue weighted by atomic mass is 10.1. The van der Waals surface area contributed by atoms with Gasteiger partial charge in [-0.2, -0.15) is 0 Å². The summed E-state index contributed by atoms with van der Waals surface area (Å²) in [5.74, 6) is 0.492. The molecule has 0 spiro atoms. The number of nitrogens with one attached hydrogen (secondary N) is 2. The third-order valence-corrected chi connectivity index (χ3v) is 4.26. The minimum Gasteiger partial charge on any atom is -0.380 e. The van der Waals surface area contributed by atoms with Gasteiger partial charge in [-0.05, 0) is 43.9 Å². The van der Waals surface area contributed by atoms with E-state index < -0.39 is 0 Å². The summed E-state index contributed by atoms with van der Waals surface area (Å²) in [6.45, 7) is 6.55. The molecule has 0 saturated carbocycles. The van der Waals surface area contributed by atoms with Crippen molar-refractivity contribution in [2.75, 3.05) is 40.0 Å². The second-order valence-corrected chi connectivity index (χ2v) is 6.54. The maximum absolute atomic E-state index is 13.7. The molecule has 152 valence electrons. The first-order valence-corrected chi connectivity index (χ1v) is 9.70. The van der Waals surface area contributed by atoms with Crippen molar-refractivity contribution in [2.45, 2.75) is 45.4 Å². The van der Waals surface area contributed by atoms with Gasteiger partial charge in [-0.15, -0.1) is 0 Å². The van der Waals surface area contributed by atoms with Crippen molar-refractivity contribution in [3.63, 3.8) is 0 Å². The highest BCUT2D eigenvalue weighted by Crippen LogP contribution is 2.13. The van der Waals surface area contributed by atoms with E-state index in [2.05, 4.69) is 15.6 Å². The summed E-state index contributed by atoms with van der Waals surface area (Å²) in [7, 11) is 1.56. The van der Waals surface area contributed by atoms with E-state index in [1.165, 1.54) is 6.07 Å². The highest BCUT2D eigenvalue weighted by Gasteiger charge is 2.14. The standard InChI is InChI=1S/C20H32FN3O3/c1-3-22-20(23-9-5-10-26-15-18-6-4-11-27-18)24-13-16-7-8-19(21)17(12-16)14-25-2/h7-8,12,18H,3-6,9-11,13-15H2,1-2H3,(H2,22,23,24). The highest BCUT2D eigenvalue weighted by atomic mass is 19.1. The Labute approximate surface area is 161 Å². The van der Waals surface area contributed by atoms with Crippen LogP contribution in [0.1, 0.15) is 37.3 Å². The normalized spacial score (nSPS) is 17.3. The van der Waals surface area contributed by atoms with Crippen molar-refractivity contribution in [1.29, 1.82) is 0 Å². The molecule has 1 aromatic carbocycles. The van der Waals surface area contributed by atoms with Crippen LogP contribution >= 0.6 is 0 Å². The minimum absolute atomic E-state index is 0.252. The van der Waals surface area contributed by atoms with Gasteiger partial charge in [0.05, 0.1) is 25.9 Å². The van der Waals surface area contributed by atoms with Gasteiger partial charge >= 0.3 is 0 Å². The van der Waals surface area contributed by atoms with Gasteiger partial charge in [0.25, 0.3) is 0 Å². The predicted molar refractivity (Wildman–Crippen MR) is 104 cm³/mol. The Morgan fingerprint density at radius 3 is 3.00 bits per heavy atom. The van der Waals surface area contributed by atoms with Gasteiger partial charge in [-0.1, -0.05) is 6.07 Å². The van der Waals surface area contributed by atoms with E-state index in [9.17, 15) is 4.39 Å². The number of hydrogen-bond acceptors (Lipinski definition) is 4. The van der Waals surface area contributed by atoms with Crippen LogP contribution in [0.15, 0.2) is 23.2 Å². The maximum Gasteiger partial charge on any atom is 0.191 e. The predicted octanol–water partition coefficient (Wildman–Crippen LogP) is 2.61. The topological polar surface area (TPSA) is 64.1 Å². The molecule has 1 fully saturated rings. The van der Waals surface area contributed by atoms with Gasteiger partial charge in [-0.25, -0.2) is 9.38 Å². The maximum atomic E-state index is 13.7. The van der Waals surface area contributed by atoms with Crippen molar-refractivity contribution in [1.82, 2.24) is 10.6 Å². The van der Waals surface area contributed by atoms with E-state index >= 15 is 0 Å². The molecule has 0 amide bonds. The fourth-order valence-corrected chi connectivity index (χ4v) is 2.88. The Balaban J connectivity index is 1.72. The Morgan fingerprint density at radius 1 is 1.37 bits per heavy atom. The van der Waals surface area contributed by atoms with Crippen molar-refractivity contribution < 1.29 is 18.6 Å². The molecule has 1 aliphatic heterocycles. The van der Waals surface area contributed by atoms with Crippen molar-refractivity contribution in [3.05, 3.63) is 35.1 Å². The summed E-state index contributed by atoms with van der Waals surface area (Å²) in [4.78, 5) is 4.57. The monoisotopic (exact) mass is 381 g/mol. The van der Waals surface area contributed by atoms with Crippen LogP contribution in [-0.4, -0.2) is 52.1 Å². The molecule has 2 rings (SSSR count). The molecule has 6 nitrogen and oxygen atoms in total. The number of guanidine groups is 1. The van der Waals surface area contributed by atoms with Gasteiger partial charge in [0.2, 0.25) is 0 Å². The van der Waals surface area contributed by atoms with Crippen LogP contribution < -0.4 is 10.6 Å². The fraction of sp³-hybridized carbons (Fsp3) is 0.650. The number of ether oxygens (including phenoxy) is 3. The Bertz CT molecular complexity index is 578. The molecule has 0 aromatic heterocycles. The van der Waals surface area contributed by atoms with E-state index in [1.54, 1.807) is 19.2 Å². The molecule has 1 unspecified atom stereocenters. The zero-order valence-electron chi connectivity index (χ0n) is 16.4. The summed E-state index contributed by atoms with van der Waals surface area (Å²) in [6, 6.07) is 5.01. The Morgan fingerprint density at radius 2 is 2.26 bits per heavy atom. The molecule has 1 saturated heterocycles. The second kappa shape index (κ2) is 12.6.